The lowest BCUT2D eigenvalue weighted by Gasteiger charge is -2.31. The summed E-state index contributed by atoms with van der Waals surface area (Å²) in [5, 5.41) is 1.61. The van der Waals surface area contributed by atoms with Crippen LogP contribution in [-0.2, 0) is 14.8 Å². The lowest BCUT2D eigenvalue weighted by atomic mass is 10.1. The molecule has 20 heavy (non-hydrogen) atoms. The van der Waals surface area contributed by atoms with Crippen molar-refractivity contribution in [1.82, 2.24) is 9.62 Å². The Morgan fingerprint density at radius 3 is 1.95 bits per heavy atom. The quantitative estimate of drug-likeness (QED) is 0.778. The fourth-order valence-corrected chi connectivity index (χ4v) is 2.61. The number of alkyl halides is 5. The fourth-order valence-electron chi connectivity index (χ4n) is 1.74. The van der Waals surface area contributed by atoms with E-state index in [1.165, 1.54) is 0 Å². The van der Waals surface area contributed by atoms with Gasteiger partial charge in [0.15, 0.2) is 0 Å². The second-order valence-electron chi connectivity index (χ2n) is 4.48. The molecule has 0 bridgehead atoms. The van der Waals surface area contributed by atoms with Crippen LogP contribution < -0.4 is 5.32 Å². The van der Waals surface area contributed by atoms with Crippen LogP contribution in [0.2, 0.25) is 0 Å². The van der Waals surface area contributed by atoms with E-state index in [0.717, 1.165) is 10.6 Å². The zero-order valence-corrected chi connectivity index (χ0v) is 11.2. The number of carbonyl (C=O) groups excluding carboxylic acids is 1. The van der Waals surface area contributed by atoms with Gasteiger partial charge < -0.3 is 5.32 Å². The first-order valence-corrected chi connectivity index (χ1v) is 7.41. The smallest absolute Gasteiger partial charge is 0.348 e. The minimum absolute atomic E-state index is 0.0211. The van der Waals surface area contributed by atoms with E-state index < -0.39 is 34.1 Å². The van der Waals surface area contributed by atoms with Gasteiger partial charge in [-0.15, -0.1) is 0 Å². The number of hydrogen-bond donors (Lipinski definition) is 1. The number of halogens is 5. The molecule has 11 heteroatoms. The van der Waals surface area contributed by atoms with Gasteiger partial charge in [-0.25, -0.2) is 12.7 Å². The average Bonchev–Trinajstić information content (AvgIpc) is 2.26. The van der Waals surface area contributed by atoms with Gasteiger partial charge in [0, 0.05) is 19.1 Å². The summed E-state index contributed by atoms with van der Waals surface area (Å²) >= 11 is 0. The highest BCUT2D eigenvalue weighted by atomic mass is 32.2. The van der Waals surface area contributed by atoms with E-state index in [2.05, 4.69) is 0 Å². The van der Waals surface area contributed by atoms with Gasteiger partial charge in [0.25, 0.3) is 0 Å². The van der Waals surface area contributed by atoms with Gasteiger partial charge in [0.1, 0.15) is 0 Å². The zero-order valence-electron chi connectivity index (χ0n) is 10.4. The molecule has 0 aromatic rings. The van der Waals surface area contributed by atoms with Gasteiger partial charge in [-0.1, -0.05) is 0 Å². The Morgan fingerprint density at radius 1 is 1.15 bits per heavy atom. The van der Waals surface area contributed by atoms with Crippen LogP contribution in [0.4, 0.5) is 22.0 Å². The molecule has 0 atom stereocenters. The maximum atomic E-state index is 12.7. The standard InChI is InChI=1S/C9H13F5N2O3S/c1-20(18,19)16-4-2-6(3-5-16)15-7(17)8(10,11)9(12,13)14/h6H,2-5H2,1H3,(H,15,17). The van der Waals surface area contributed by atoms with E-state index in [-0.39, 0.29) is 25.9 Å². The van der Waals surface area contributed by atoms with Crippen LogP contribution in [-0.4, -0.2) is 56.1 Å². The van der Waals surface area contributed by atoms with Crippen molar-refractivity contribution in [2.75, 3.05) is 19.3 Å². The number of carbonyl (C=O) groups is 1. The highest BCUT2D eigenvalue weighted by molar-refractivity contribution is 7.88. The molecule has 0 radical (unpaired) electrons. The van der Waals surface area contributed by atoms with Crippen LogP contribution >= 0.6 is 0 Å². The summed E-state index contributed by atoms with van der Waals surface area (Å²) in [6.45, 7) is -0.0806. The number of amides is 1. The van der Waals surface area contributed by atoms with Crippen LogP contribution in [0.5, 0.6) is 0 Å². The number of rotatable bonds is 3. The van der Waals surface area contributed by atoms with E-state index in [1.807, 2.05) is 0 Å². The van der Waals surface area contributed by atoms with E-state index >= 15 is 0 Å². The van der Waals surface area contributed by atoms with E-state index in [0.29, 0.717) is 0 Å². The van der Waals surface area contributed by atoms with Crippen molar-refractivity contribution in [3.63, 3.8) is 0 Å². The van der Waals surface area contributed by atoms with Gasteiger partial charge >= 0.3 is 18.0 Å². The zero-order chi connectivity index (χ0) is 15.8. The summed E-state index contributed by atoms with van der Waals surface area (Å²) in [5.74, 6) is -7.87. The molecular formula is C9H13F5N2O3S. The maximum Gasteiger partial charge on any atom is 0.463 e. The van der Waals surface area contributed by atoms with Crippen molar-refractivity contribution in [1.29, 1.82) is 0 Å². The average molecular weight is 324 g/mol. The lowest BCUT2D eigenvalue weighted by molar-refractivity contribution is -0.270. The molecule has 0 spiro atoms. The monoisotopic (exact) mass is 324 g/mol. The van der Waals surface area contributed by atoms with Crippen molar-refractivity contribution in [3.05, 3.63) is 0 Å². The number of nitrogens with one attached hydrogen (secondary N) is 1. The molecule has 0 aromatic heterocycles. The van der Waals surface area contributed by atoms with Crippen LogP contribution in [0.15, 0.2) is 0 Å². The van der Waals surface area contributed by atoms with E-state index in [1.54, 1.807) is 5.32 Å². The third-order valence-corrected chi connectivity index (χ3v) is 4.20. The topological polar surface area (TPSA) is 66.5 Å². The molecule has 1 rings (SSSR count). The van der Waals surface area contributed by atoms with E-state index in [9.17, 15) is 35.2 Å². The van der Waals surface area contributed by atoms with Crippen LogP contribution in [0.1, 0.15) is 12.8 Å². The first kappa shape index (κ1) is 17.1. The first-order chi connectivity index (χ1) is 8.85. The maximum absolute atomic E-state index is 12.7. The van der Waals surface area contributed by atoms with Gasteiger partial charge in [0.2, 0.25) is 10.0 Å². The Bertz CT molecular complexity index is 468. The third-order valence-electron chi connectivity index (χ3n) is 2.90. The Labute approximate surface area is 112 Å². The Kier molecular flexibility index (Phi) is 4.64. The minimum atomic E-state index is -5.95. The molecule has 1 fully saturated rings. The van der Waals surface area contributed by atoms with Gasteiger partial charge in [0.05, 0.1) is 6.26 Å². The van der Waals surface area contributed by atoms with Crippen molar-refractivity contribution in [3.8, 4) is 0 Å². The highest BCUT2D eigenvalue weighted by Crippen LogP contribution is 2.35. The van der Waals surface area contributed by atoms with Crippen LogP contribution in [0, 0.1) is 0 Å². The van der Waals surface area contributed by atoms with Crippen molar-refractivity contribution in [2.24, 2.45) is 0 Å². The summed E-state index contributed by atoms with van der Waals surface area (Å²) in [6.07, 6.45) is -5.03. The predicted molar refractivity (Wildman–Crippen MR) is 58.6 cm³/mol. The molecule has 0 aliphatic carbocycles. The molecule has 1 heterocycles. The molecule has 1 aliphatic heterocycles. The summed E-state index contributed by atoms with van der Waals surface area (Å²) in [5.41, 5.74) is 0. The molecule has 118 valence electrons. The number of nitrogens with zero attached hydrogens (tertiary/aromatic N) is 1. The normalized spacial score (nSPS) is 19.9. The number of sulfonamides is 1. The lowest BCUT2D eigenvalue weighted by Crippen LogP contribution is -2.55. The summed E-state index contributed by atoms with van der Waals surface area (Å²) < 4.78 is 84.7. The summed E-state index contributed by atoms with van der Waals surface area (Å²) in [4.78, 5) is 10.9. The van der Waals surface area contributed by atoms with E-state index in [4.69, 9.17) is 0 Å². The van der Waals surface area contributed by atoms with Crippen LogP contribution in [0.25, 0.3) is 0 Å². The fraction of sp³-hybridized carbons (Fsp3) is 0.889. The predicted octanol–water partition coefficient (Wildman–Crippen LogP) is 0.724. The molecule has 0 unspecified atom stereocenters. The molecule has 1 N–H and O–H groups in total. The Balaban J connectivity index is 2.59. The molecule has 1 amide bonds. The summed E-state index contributed by atoms with van der Waals surface area (Å²) in [6, 6.07) is -0.909. The van der Waals surface area contributed by atoms with Gasteiger partial charge in [-0.2, -0.15) is 22.0 Å². The highest BCUT2D eigenvalue weighted by Gasteiger charge is 2.63. The van der Waals surface area contributed by atoms with Gasteiger partial charge in [-0.05, 0) is 12.8 Å². The largest absolute Gasteiger partial charge is 0.463 e. The summed E-state index contributed by atoms with van der Waals surface area (Å²) in [7, 11) is -3.44. The molecule has 0 aromatic carbocycles. The minimum Gasteiger partial charge on any atom is -0.348 e. The van der Waals surface area contributed by atoms with Crippen molar-refractivity contribution in [2.45, 2.75) is 31.0 Å². The number of piperidine rings is 1. The Hall–Kier alpha value is -0.970. The van der Waals surface area contributed by atoms with Crippen molar-refractivity contribution >= 4 is 15.9 Å². The molecule has 1 aliphatic rings. The Morgan fingerprint density at radius 2 is 1.60 bits per heavy atom. The second-order valence-corrected chi connectivity index (χ2v) is 6.46. The van der Waals surface area contributed by atoms with Crippen LogP contribution in [0.3, 0.4) is 0 Å². The van der Waals surface area contributed by atoms with Crippen molar-refractivity contribution < 1.29 is 35.2 Å². The molecule has 0 saturated carbocycles. The first-order valence-electron chi connectivity index (χ1n) is 5.56. The number of hydrogen-bond acceptors (Lipinski definition) is 3. The third kappa shape index (κ3) is 3.78. The van der Waals surface area contributed by atoms with Gasteiger partial charge in [-0.3, -0.25) is 4.79 Å². The molecular weight excluding hydrogens is 311 g/mol. The molecule has 5 nitrogen and oxygen atoms in total. The second kappa shape index (κ2) is 5.43. The SMILES string of the molecule is CS(=O)(=O)N1CCC(NC(=O)C(F)(F)C(F)(F)F)CC1. The molecule has 1 saturated heterocycles.